The quantitative estimate of drug-likeness (QED) is 0.235. The Hall–Kier alpha value is -4.37. The van der Waals surface area contributed by atoms with Crippen molar-refractivity contribution >= 4 is 35.1 Å². The summed E-state index contributed by atoms with van der Waals surface area (Å²) in [6.07, 6.45) is 0.949. The lowest BCUT2D eigenvalue weighted by atomic mass is 9.99. The normalized spacial score (nSPS) is 12.7. The third-order valence-corrected chi connectivity index (χ3v) is 5.42. The van der Waals surface area contributed by atoms with E-state index in [0.29, 0.717) is 40.0 Å². The number of hydrogen-bond donors (Lipinski definition) is 1. The van der Waals surface area contributed by atoms with Crippen molar-refractivity contribution in [3.63, 3.8) is 0 Å². The number of benzene rings is 3. The first-order valence-electron chi connectivity index (χ1n) is 11.8. The van der Waals surface area contributed by atoms with Gasteiger partial charge in [0.25, 0.3) is 5.91 Å². The summed E-state index contributed by atoms with van der Waals surface area (Å²) >= 11 is 5.93. The molecule has 0 aromatic heterocycles. The molecule has 0 heterocycles. The summed E-state index contributed by atoms with van der Waals surface area (Å²) in [5.41, 5.74) is 2.60. The predicted octanol–water partition coefficient (Wildman–Crippen LogP) is 5.73. The minimum Gasteiger partial charge on any atom is -0.457 e. The first-order valence-corrected chi connectivity index (χ1v) is 12.2. The molecule has 0 aliphatic heterocycles. The largest absolute Gasteiger partial charge is 0.457 e. The van der Waals surface area contributed by atoms with Crippen molar-refractivity contribution in [1.82, 2.24) is 5.32 Å². The lowest BCUT2D eigenvalue weighted by Gasteiger charge is -2.15. The molecule has 3 aromatic rings. The second-order valence-corrected chi connectivity index (χ2v) is 8.18. The summed E-state index contributed by atoms with van der Waals surface area (Å²) in [6.45, 7) is 4.04. The van der Waals surface area contributed by atoms with E-state index in [-0.39, 0.29) is 11.6 Å². The second-order valence-electron chi connectivity index (χ2n) is 7.75. The van der Waals surface area contributed by atoms with E-state index in [9.17, 15) is 4.79 Å². The van der Waals surface area contributed by atoms with Crippen LogP contribution in [0.5, 0.6) is 11.5 Å². The molecule has 1 amide bonds. The Morgan fingerprint density at radius 2 is 1.66 bits per heavy atom. The van der Waals surface area contributed by atoms with E-state index in [1.165, 1.54) is 20.4 Å². The van der Waals surface area contributed by atoms with E-state index < -0.39 is 6.10 Å². The minimum atomic E-state index is -0.516. The smallest absolute Gasteiger partial charge is 0.273 e. The lowest BCUT2D eigenvalue weighted by Crippen LogP contribution is -2.29. The average Bonchev–Trinajstić information content (AvgIpc) is 2.95. The van der Waals surface area contributed by atoms with E-state index in [1.54, 1.807) is 36.4 Å². The van der Waals surface area contributed by atoms with E-state index >= 15 is 0 Å². The van der Waals surface area contributed by atoms with E-state index in [1.807, 2.05) is 50.2 Å². The van der Waals surface area contributed by atoms with Crippen LogP contribution in [-0.4, -0.2) is 44.3 Å². The van der Waals surface area contributed by atoms with Crippen LogP contribution in [0.2, 0.25) is 5.02 Å². The average molecular weight is 537 g/mol. The Bertz CT molecular complexity index is 1290. The zero-order valence-corrected chi connectivity index (χ0v) is 22.3. The lowest BCUT2D eigenvalue weighted by molar-refractivity contribution is -0.114. The molecule has 0 radical (unpaired) electrons. The van der Waals surface area contributed by atoms with E-state index in [0.717, 1.165) is 5.56 Å². The molecule has 9 nitrogen and oxygen atoms in total. The number of nitrogens with zero attached hydrogens (tertiary/aromatic N) is 3. The number of rotatable bonds is 12. The number of nitrogens with one attached hydrogen (secondary N) is 1. The molecule has 0 aliphatic carbocycles. The van der Waals surface area contributed by atoms with Crippen molar-refractivity contribution in [1.29, 1.82) is 0 Å². The van der Waals surface area contributed by atoms with Gasteiger partial charge in [-0.05, 0) is 62.4 Å². The first-order chi connectivity index (χ1) is 18.5. The summed E-state index contributed by atoms with van der Waals surface area (Å²) < 4.78 is 5.85. The van der Waals surface area contributed by atoms with Gasteiger partial charge in [-0.15, -0.1) is 0 Å². The third-order valence-electron chi connectivity index (χ3n) is 5.16. The van der Waals surface area contributed by atoms with E-state index in [2.05, 4.69) is 20.8 Å². The van der Waals surface area contributed by atoms with Crippen LogP contribution in [0.15, 0.2) is 88.3 Å². The number of halogens is 1. The van der Waals surface area contributed by atoms with Crippen LogP contribution < -0.4 is 10.1 Å². The molecule has 0 saturated heterocycles. The van der Waals surface area contributed by atoms with Crippen molar-refractivity contribution in [2.75, 3.05) is 20.8 Å². The molecule has 1 N–H and O–H groups in total. The van der Waals surface area contributed by atoms with Gasteiger partial charge in [-0.3, -0.25) is 4.79 Å². The van der Waals surface area contributed by atoms with Crippen molar-refractivity contribution in [2.45, 2.75) is 20.0 Å². The molecule has 3 aromatic carbocycles. The number of ether oxygens (including phenoxy) is 1. The van der Waals surface area contributed by atoms with Gasteiger partial charge in [0, 0.05) is 28.8 Å². The molecule has 10 heteroatoms. The number of hydrogen-bond acceptors (Lipinski definition) is 8. The predicted molar refractivity (Wildman–Crippen MR) is 148 cm³/mol. The van der Waals surface area contributed by atoms with Gasteiger partial charge in [0.1, 0.15) is 37.0 Å². The number of likely N-dealkylation sites (N-methyl/N-ethyl adjacent to an activating group) is 1. The molecule has 38 heavy (non-hydrogen) atoms. The van der Waals surface area contributed by atoms with Crippen LogP contribution >= 0.6 is 11.6 Å². The monoisotopic (exact) mass is 536 g/mol. The highest BCUT2D eigenvalue weighted by atomic mass is 35.5. The van der Waals surface area contributed by atoms with Gasteiger partial charge >= 0.3 is 0 Å². The second kappa shape index (κ2) is 14.4. The van der Waals surface area contributed by atoms with Crippen molar-refractivity contribution in [3.05, 3.63) is 94.5 Å². The number of oxime groups is 3. The number of amides is 1. The fourth-order valence-electron chi connectivity index (χ4n) is 3.34. The highest BCUT2D eigenvalue weighted by Gasteiger charge is 2.21. The van der Waals surface area contributed by atoms with Gasteiger partial charge in [0.05, 0.1) is 6.21 Å². The maximum atomic E-state index is 12.3. The van der Waals surface area contributed by atoms with Gasteiger partial charge < -0.3 is 24.6 Å². The standard InChI is InChI=1S/C28H29ClN4O5/c1-5-36-32-26(20-10-14-22(15-11-20)37-23-16-12-21(29)13-17-23)18-31-38-19(2)24-8-6-7-9-25(24)27(33-35-4)28(34)30-3/h6-19H,5H2,1-4H3,(H,30,34). The fraction of sp³-hybridized carbons (Fsp3) is 0.214. The molecule has 1 unspecified atom stereocenters. The molecule has 0 bridgehead atoms. The van der Waals surface area contributed by atoms with Gasteiger partial charge in [-0.2, -0.15) is 0 Å². The van der Waals surface area contributed by atoms with Crippen molar-refractivity contribution in [3.8, 4) is 11.5 Å². The van der Waals surface area contributed by atoms with E-state index in [4.69, 9.17) is 30.9 Å². The number of carbonyl (C=O) groups excluding carboxylic acids is 1. The summed E-state index contributed by atoms with van der Waals surface area (Å²) in [4.78, 5) is 28.2. The van der Waals surface area contributed by atoms with Gasteiger partial charge in [0.2, 0.25) is 0 Å². The highest BCUT2D eigenvalue weighted by molar-refractivity contribution is 6.45. The molecule has 0 aliphatic rings. The van der Waals surface area contributed by atoms with Crippen LogP contribution in [0.4, 0.5) is 0 Å². The van der Waals surface area contributed by atoms with Crippen LogP contribution in [0, 0.1) is 0 Å². The maximum Gasteiger partial charge on any atom is 0.273 e. The van der Waals surface area contributed by atoms with Gasteiger partial charge in [-0.25, -0.2) is 0 Å². The molecular weight excluding hydrogens is 508 g/mol. The van der Waals surface area contributed by atoms with Crippen LogP contribution in [-0.2, 0) is 19.3 Å². The molecule has 0 fully saturated rings. The Kier molecular flexibility index (Phi) is 10.7. The van der Waals surface area contributed by atoms with Gasteiger partial charge in [0.15, 0.2) is 5.71 Å². The maximum absolute atomic E-state index is 12.3. The summed E-state index contributed by atoms with van der Waals surface area (Å²) in [7, 11) is 2.90. The molecule has 198 valence electrons. The zero-order valence-electron chi connectivity index (χ0n) is 21.6. The molecule has 0 saturated carbocycles. The third kappa shape index (κ3) is 7.81. The fourth-order valence-corrected chi connectivity index (χ4v) is 3.46. The summed E-state index contributed by atoms with van der Waals surface area (Å²) in [5, 5.41) is 15.4. The number of carbonyl (C=O) groups is 1. The summed E-state index contributed by atoms with van der Waals surface area (Å²) in [6, 6.07) is 21.6. The summed E-state index contributed by atoms with van der Waals surface area (Å²) in [5.74, 6) is 0.934. The molecular formula is C28H29ClN4O5. The van der Waals surface area contributed by atoms with Crippen molar-refractivity contribution < 1.29 is 24.0 Å². The van der Waals surface area contributed by atoms with Gasteiger partial charge in [-0.1, -0.05) is 51.3 Å². The topological polar surface area (TPSA) is 103 Å². The minimum absolute atomic E-state index is 0.129. The molecule has 3 rings (SSSR count). The highest BCUT2D eigenvalue weighted by Crippen LogP contribution is 2.24. The Labute approximate surface area is 226 Å². The molecule has 1 atom stereocenters. The SMILES string of the molecule is CCON=C(C=NOC(C)c1ccccc1C(=NOC)C(=O)NC)c1ccc(Oc2ccc(Cl)cc2)cc1. The van der Waals surface area contributed by atoms with Crippen molar-refractivity contribution in [2.24, 2.45) is 15.5 Å². The van der Waals surface area contributed by atoms with Crippen LogP contribution in [0.25, 0.3) is 0 Å². The first kappa shape index (κ1) is 28.2. The van der Waals surface area contributed by atoms with Crippen LogP contribution in [0.3, 0.4) is 0 Å². The molecule has 0 spiro atoms. The Morgan fingerprint density at radius 1 is 1.00 bits per heavy atom. The zero-order chi connectivity index (χ0) is 27.3. The Balaban J connectivity index is 1.76. The Morgan fingerprint density at radius 3 is 2.29 bits per heavy atom. The van der Waals surface area contributed by atoms with Crippen LogP contribution in [0.1, 0.15) is 36.6 Å².